The SMILES string of the molecule is CCOC(=O)C=C1CCC(C(O)c2ccc(C)c(OC(C)C)c2)CC1. The van der Waals surface area contributed by atoms with Crippen LogP contribution in [0.2, 0.25) is 0 Å². The second-order valence-corrected chi connectivity index (χ2v) is 7.03. The van der Waals surface area contributed by atoms with Crippen LogP contribution in [0.1, 0.15) is 63.7 Å². The smallest absolute Gasteiger partial charge is 0.330 e. The molecule has 2 rings (SSSR count). The first-order chi connectivity index (χ1) is 11.9. The van der Waals surface area contributed by atoms with Crippen molar-refractivity contribution in [1.29, 1.82) is 0 Å². The molecule has 1 saturated carbocycles. The highest BCUT2D eigenvalue weighted by atomic mass is 16.5. The van der Waals surface area contributed by atoms with Crippen LogP contribution in [0.4, 0.5) is 0 Å². The lowest BCUT2D eigenvalue weighted by Crippen LogP contribution is -2.18. The van der Waals surface area contributed by atoms with Gasteiger partial charge in [0.2, 0.25) is 0 Å². The molecule has 0 amide bonds. The molecule has 1 aromatic rings. The largest absolute Gasteiger partial charge is 0.491 e. The zero-order chi connectivity index (χ0) is 18.4. The molecule has 0 aliphatic heterocycles. The van der Waals surface area contributed by atoms with Crippen LogP contribution in [0.3, 0.4) is 0 Å². The van der Waals surface area contributed by atoms with Crippen molar-refractivity contribution in [3.63, 3.8) is 0 Å². The lowest BCUT2D eigenvalue weighted by Gasteiger charge is -2.28. The molecule has 1 aliphatic carbocycles. The molecule has 1 aliphatic rings. The van der Waals surface area contributed by atoms with E-state index in [4.69, 9.17) is 9.47 Å². The number of rotatable bonds is 6. The normalized spacial score (nSPS) is 18.8. The molecule has 25 heavy (non-hydrogen) atoms. The number of hydrogen-bond donors (Lipinski definition) is 1. The molecule has 1 N–H and O–H groups in total. The van der Waals surface area contributed by atoms with Crippen molar-refractivity contribution in [2.45, 2.75) is 65.6 Å². The molecule has 0 heterocycles. The minimum atomic E-state index is -0.501. The maximum atomic E-state index is 11.5. The fourth-order valence-electron chi connectivity index (χ4n) is 3.28. The topological polar surface area (TPSA) is 55.8 Å². The zero-order valence-electron chi connectivity index (χ0n) is 15.7. The monoisotopic (exact) mass is 346 g/mol. The number of ether oxygens (including phenoxy) is 2. The first kappa shape index (κ1) is 19.5. The fraction of sp³-hybridized carbons (Fsp3) is 0.571. The lowest BCUT2D eigenvalue weighted by molar-refractivity contribution is -0.137. The molecule has 1 aromatic carbocycles. The Balaban J connectivity index is 2.00. The van der Waals surface area contributed by atoms with Gasteiger partial charge in [-0.05, 0) is 76.5 Å². The summed E-state index contributed by atoms with van der Waals surface area (Å²) in [5.74, 6) is 0.782. The van der Waals surface area contributed by atoms with Gasteiger partial charge in [-0.2, -0.15) is 0 Å². The Hall–Kier alpha value is -1.81. The molecule has 0 saturated heterocycles. The number of carbonyl (C=O) groups is 1. The van der Waals surface area contributed by atoms with Gasteiger partial charge in [-0.1, -0.05) is 17.7 Å². The molecule has 0 radical (unpaired) electrons. The van der Waals surface area contributed by atoms with Gasteiger partial charge in [-0.3, -0.25) is 0 Å². The third-order valence-electron chi connectivity index (χ3n) is 4.64. The summed E-state index contributed by atoms with van der Waals surface area (Å²) in [6, 6.07) is 5.95. The number of aliphatic hydroxyl groups is 1. The summed E-state index contributed by atoms with van der Waals surface area (Å²) >= 11 is 0. The third-order valence-corrected chi connectivity index (χ3v) is 4.64. The van der Waals surface area contributed by atoms with E-state index in [1.54, 1.807) is 6.08 Å². The van der Waals surface area contributed by atoms with Gasteiger partial charge in [0.05, 0.1) is 18.8 Å². The highest BCUT2D eigenvalue weighted by Gasteiger charge is 2.25. The van der Waals surface area contributed by atoms with Gasteiger partial charge in [0, 0.05) is 6.08 Å². The predicted molar refractivity (Wildman–Crippen MR) is 98.6 cm³/mol. The molecule has 4 heteroatoms. The van der Waals surface area contributed by atoms with Crippen molar-refractivity contribution >= 4 is 5.97 Å². The Morgan fingerprint density at radius 2 is 2.00 bits per heavy atom. The van der Waals surface area contributed by atoms with Crippen molar-refractivity contribution in [3.05, 3.63) is 41.0 Å². The van der Waals surface area contributed by atoms with Gasteiger partial charge in [0.1, 0.15) is 5.75 Å². The fourth-order valence-corrected chi connectivity index (χ4v) is 3.28. The molecule has 4 nitrogen and oxygen atoms in total. The number of allylic oxidation sites excluding steroid dienone is 1. The summed E-state index contributed by atoms with van der Waals surface area (Å²) in [5.41, 5.74) is 3.10. The third kappa shape index (κ3) is 5.60. The molecular weight excluding hydrogens is 316 g/mol. The van der Waals surface area contributed by atoms with Gasteiger partial charge < -0.3 is 14.6 Å². The maximum Gasteiger partial charge on any atom is 0.330 e. The Kier molecular flexibility index (Phi) is 7.06. The van der Waals surface area contributed by atoms with Crippen LogP contribution in [0.5, 0.6) is 5.75 Å². The maximum absolute atomic E-state index is 11.5. The number of hydrogen-bond acceptors (Lipinski definition) is 4. The highest BCUT2D eigenvalue weighted by Crippen LogP contribution is 2.38. The Labute approximate surface area is 150 Å². The van der Waals surface area contributed by atoms with Crippen LogP contribution in [-0.4, -0.2) is 23.8 Å². The highest BCUT2D eigenvalue weighted by molar-refractivity contribution is 5.82. The second-order valence-electron chi connectivity index (χ2n) is 7.03. The van der Waals surface area contributed by atoms with Crippen molar-refractivity contribution in [1.82, 2.24) is 0 Å². The molecule has 1 atom stereocenters. The van der Waals surface area contributed by atoms with Gasteiger partial charge in [0.15, 0.2) is 0 Å². The number of benzene rings is 1. The minimum Gasteiger partial charge on any atom is -0.491 e. The van der Waals surface area contributed by atoms with E-state index >= 15 is 0 Å². The number of esters is 1. The van der Waals surface area contributed by atoms with Crippen LogP contribution >= 0.6 is 0 Å². The molecule has 0 bridgehead atoms. The molecule has 1 unspecified atom stereocenters. The molecule has 0 aromatic heterocycles. The summed E-state index contributed by atoms with van der Waals surface area (Å²) in [7, 11) is 0. The van der Waals surface area contributed by atoms with E-state index in [1.165, 1.54) is 0 Å². The summed E-state index contributed by atoms with van der Waals surface area (Å²) in [4.78, 5) is 11.5. The van der Waals surface area contributed by atoms with Crippen LogP contribution in [0, 0.1) is 12.8 Å². The van der Waals surface area contributed by atoms with Gasteiger partial charge in [0.25, 0.3) is 0 Å². The van der Waals surface area contributed by atoms with E-state index < -0.39 is 6.10 Å². The van der Waals surface area contributed by atoms with E-state index in [0.717, 1.165) is 48.1 Å². The predicted octanol–water partition coefficient (Wildman–Crippen LogP) is 4.50. The first-order valence-electron chi connectivity index (χ1n) is 9.22. The average Bonchev–Trinajstić information content (AvgIpc) is 2.57. The number of aliphatic hydroxyl groups excluding tert-OH is 1. The molecule has 0 spiro atoms. The summed E-state index contributed by atoms with van der Waals surface area (Å²) in [5, 5.41) is 10.8. The number of carbonyl (C=O) groups excluding carboxylic acids is 1. The van der Waals surface area contributed by atoms with Crippen LogP contribution < -0.4 is 4.74 Å². The minimum absolute atomic E-state index is 0.108. The van der Waals surface area contributed by atoms with E-state index in [9.17, 15) is 9.90 Å². The Morgan fingerprint density at radius 3 is 2.60 bits per heavy atom. The lowest BCUT2D eigenvalue weighted by atomic mass is 9.80. The Bertz CT molecular complexity index is 608. The van der Waals surface area contributed by atoms with Gasteiger partial charge >= 0.3 is 5.97 Å². The standard InChI is InChI=1S/C21H30O4/c1-5-24-20(22)12-16-7-10-17(11-8-16)21(23)18-9-6-15(4)19(13-18)25-14(2)3/h6,9,12-14,17,21,23H,5,7-8,10-11H2,1-4H3. The van der Waals surface area contributed by atoms with E-state index in [0.29, 0.717) is 6.61 Å². The van der Waals surface area contributed by atoms with E-state index in [-0.39, 0.29) is 18.0 Å². The summed E-state index contributed by atoms with van der Waals surface area (Å²) in [6.07, 6.45) is 4.65. The molecule has 1 fully saturated rings. The summed E-state index contributed by atoms with van der Waals surface area (Å²) < 4.78 is 10.8. The van der Waals surface area contributed by atoms with Gasteiger partial charge in [-0.15, -0.1) is 0 Å². The van der Waals surface area contributed by atoms with Crippen molar-refractivity contribution in [2.24, 2.45) is 5.92 Å². The molecule has 138 valence electrons. The number of aryl methyl sites for hydroxylation is 1. The first-order valence-corrected chi connectivity index (χ1v) is 9.22. The van der Waals surface area contributed by atoms with Crippen molar-refractivity contribution < 1.29 is 19.4 Å². The van der Waals surface area contributed by atoms with Crippen molar-refractivity contribution in [3.8, 4) is 5.75 Å². The van der Waals surface area contributed by atoms with Crippen molar-refractivity contribution in [2.75, 3.05) is 6.61 Å². The van der Waals surface area contributed by atoms with Crippen LogP contribution in [0.15, 0.2) is 29.8 Å². The second kappa shape index (κ2) is 9.04. The summed E-state index contributed by atoms with van der Waals surface area (Å²) in [6.45, 7) is 8.23. The Morgan fingerprint density at radius 1 is 1.32 bits per heavy atom. The van der Waals surface area contributed by atoms with Crippen LogP contribution in [-0.2, 0) is 9.53 Å². The van der Waals surface area contributed by atoms with Crippen LogP contribution in [0.25, 0.3) is 0 Å². The molecular formula is C21H30O4. The van der Waals surface area contributed by atoms with Gasteiger partial charge in [-0.25, -0.2) is 4.79 Å². The average molecular weight is 346 g/mol. The van der Waals surface area contributed by atoms with E-state index in [1.807, 2.05) is 45.9 Å². The quantitative estimate of drug-likeness (QED) is 0.609. The van der Waals surface area contributed by atoms with E-state index in [2.05, 4.69) is 0 Å². The zero-order valence-corrected chi connectivity index (χ0v) is 15.7.